The van der Waals surface area contributed by atoms with Crippen LogP contribution in [0.2, 0.25) is 0 Å². The first-order valence-electron chi connectivity index (χ1n) is 9.69. The number of hydrogen-bond acceptors (Lipinski definition) is 5. The van der Waals surface area contributed by atoms with Crippen molar-refractivity contribution in [1.29, 1.82) is 0 Å². The van der Waals surface area contributed by atoms with Gasteiger partial charge in [0.25, 0.3) is 5.91 Å². The molecule has 0 aliphatic carbocycles. The fourth-order valence-corrected chi connectivity index (χ4v) is 3.63. The third kappa shape index (κ3) is 4.11. The van der Waals surface area contributed by atoms with E-state index in [9.17, 15) is 9.90 Å². The van der Waals surface area contributed by atoms with Crippen LogP contribution in [0.15, 0.2) is 42.6 Å². The van der Waals surface area contributed by atoms with Gasteiger partial charge in [-0.25, -0.2) is 4.98 Å². The molecule has 1 fully saturated rings. The molecular formula is C22H25N3O4. The maximum Gasteiger partial charge on any atom is 0.270 e. The molecule has 29 heavy (non-hydrogen) atoms. The molecule has 1 aromatic carbocycles. The summed E-state index contributed by atoms with van der Waals surface area (Å²) < 4.78 is 12.5. The first kappa shape index (κ1) is 19.4. The zero-order chi connectivity index (χ0) is 20.4. The number of aryl methyl sites for hydroxylation is 1. The van der Waals surface area contributed by atoms with E-state index < -0.39 is 12.1 Å². The van der Waals surface area contributed by atoms with Crippen LogP contribution < -0.4 is 10.1 Å². The Kier molecular flexibility index (Phi) is 5.51. The lowest BCUT2D eigenvalue weighted by Crippen LogP contribution is -2.49. The molecule has 2 aromatic heterocycles. The largest absolute Gasteiger partial charge is 0.497 e. The number of pyridine rings is 1. The number of fused-ring (bicyclic) bond motifs is 1. The molecule has 2 unspecified atom stereocenters. The monoisotopic (exact) mass is 395 g/mol. The molecule has 1 aliphatic heterocycles. The summed E-state index contributed by atoms with van der Waals surface area (Å²) in [7, 11) is 3.55. The van der Waals surface area contributed by atoms with Crippen LogP contribution in [-0.4, -0.2) is 53.0 Å². The molecule has 7 heteroatoms. The second-order valence-corrected chi connectivity index (χ2v) is 7.37. The van der Waals surface area contributed by atoms with Gasteiger partial charge in [-0.3, -0.25) is 4.79 Å². The number of carbonyl (C=O) groups is 1. The number of aliphatic hydroxyl groups is 1. The van der Waals surface area contributed by atoms with Crippen molar-refractivity contribution in [3.8, 4) is 5.75 Å². The Morgan fingerprint density at radius 3 is 2.86 bits per heavy atom. The number of aromatic nitrogens is 2. The predicted molar refractivity (Wildman–Crippen MR) is 109 cm³/mol. The number of nitrogens with zero attached hydrogens (tertiary/aromatic N) is 2. The summed E-state index contributed by atoms with van der Waals surface area (Å²) in [6, 6.07) is 11.3. The summed E-state index contributed by atoms with van der Waals surface area (Å²) in [6.45, 7) is 0.811. The fourth-order valence-electron chi connectivity index (χ4n) is 3.63. The average molecular weight is 395 g/mol. The van der Waals surface area contributed by atoms with Gasteiger partial charge in [0.2, 0.25) is 0 Å². The Morgan fingerprint density at radius 2 is 2.14 bits per heavy atom. The van der Waals surface area contributed by atoms with Crippen LogP contribution in [0.3, 0.4) is 0 Å². The van der Waals surface area contributed by atoms with E-state index in [2.05, 4.69) is 10.3 Å². The number of nitrogens with one attached hydrogen (secondary N) is 1. The van der Waals surface area contributed by atoms with Gasteiger partial charge in [0.05, 0.1) is 25.9 Å². The van der Waals surface area contributed by atoms with Crippen molar-refractivity contribution < 1.29 is 19.4 Å². The van der Waals surface area contributed by atoms with Crippen molar-refractivity contribution >= 4 is 16.9 Å². The maximum atomic E-state index is 12.9. The van der Waals surface area contributed by atoms with Gasteiger partial charge in [-0.2, -0.15) is 0 Å². The first-order chi connectivity index (χ1) is 14.0. The molecule has 0 spiro atoms. The number of benzene rings is 1. The van der Waals surface area contributed by atoms with Gasteiger partial charge in [-0.1, -0.05) is 12.1 Å². The third-order valence-corrected chi connectivity index (χ3v) is 5.35. The molecule has 3 aromatic rings. The van der Waals surface area contributed by atoms with E-state index in [0.29, 0.717) is 31.7 Å². The normalized spacial score (nSPS) is 19.3. The van der Waals surface area contributed by atoms with E-state index >= 15 is 0 Å². The summed E-state index contributed by atoms with van der Waals surface area (Å²) in [6.07, 6.45) is 2.51. The number of hydrogen-bond donors (Lipinski definition) is 2. The fraction of sp³-hybridized carbons (Fsp3) is 0.364. The summed E-state index contributed by atoms with van der Waals surface area (Å²) in [5, 5.41) is 14.0. The van der Waals surface area contributed by atoms with E-state index in [1.807, 2.05) is 54.2 Å². The SMILES string of the molecule is COc1ccc(Cc2cc(C(=O)NC3COCCC3O)nc3c2ccn3C)cc1. The second-order valence-electron chi connectivity index (χ2n) is 7.37. The van der Waals surface area contributed by atoms with Crippen LogP contribution in [0.4, 0.5) is 0 Å². The highest BCUT2D eigenvalue weighted by atomic mass is 16.5. The molecule has 152 valence electrons. The van der Waals surface area contributed by atoms with Crippen molar-refractivity contribution in [1.82, 2.24) is 14.9 Å². The van der Waals surface area contributed by atoms with Crippen molar-refractivity contribution in [3.63, 3.8) is 0 Å². The molecule has 2 N–H and O–H groups in total. The number of aliphatic hydroxyl groups excluding tert-OH is 1. The average Bonchev–Trinajstić information content (AvgIpc) is 3.11. The lowest BCUT2D eigenvalue weighted by atomic mass is 10.0. The lowest BCUT2D eigenvalue weighted by molar-refractivity contribution is -0.0140. The number of ether oxygens (including phenoxy) is 2. The van der Waals surface area contributed by atoms with Crippen LogP contribution in [0, 0.1) is 0 Å². The van der Waals surface area contributed by atoms with Gasteiger partial charge < -0.3 is 24.5 Å². The third-order valence-electron chi connectivity index (χ3n) is 5.35. The highest BCUT2D eigenvalue weighted by Gasteiger charge is 2.26. The molecule has 0 bridgehead atoms. The standard InChI is InChI=1S/C22H25N3O4/c1-25-9-7-17-15(11-14-3-5-16(28-2)6-4-14)12-18(23-21(17)25)22(27)24-19-13-29-10-8-20(19)26/h3-7,9,12,19-20,26H,8,10-11,13H2,1-2H3,(H,24,27). The molecule has 4 rings (SSSR count). The minimum absolute atomic E-state index is 0.304. The Morgan fingerprint density at radius 1 is 1.34 bits per heavy atom. The predicted octanol–water partition coefficient (Wildman–Crippen LogP) is 2.05. The Labute approximate surface area is 169 Å². The number of rotatable bonds is 5. The summed E-state index contributed by atoms with van der Waals surface area (Å²) >= 11 is 0. The molecule has 1 amide bonds. The van der Waals surface area contributed by atoms with Gasteiger partial charge in [0.1, 0.15) is 17.1 Å². The van der Waals surface area contributed by atoms with Crippen LogP contribution in [0.1, 0.15) is 28.0 Å². The van der Waals surface area contributed by atoms with E-state index in [-0.39, 0.29) is 5.91 Å². The van der Waals surface area contributed by atoms with Gasteiger partial charge >= 0.3 is 0 Å². The minimum Gasteiger partial charge on any atom is -0.497 e. The molecule has 0 saturated carbocycles. The molecule has 3 heterocycles. The van der Waals surface area contributed by atoms with E-state index in [0.717, 1.165) is 27.9 Å². The Bertz CT molecular complexity index is 1010. The topological polar surface area (TPSA) is 85.6 Å². The number of amides is 1. The molecule has 0 radical (unpaired) electrons. The zero-order valence-corrected chi connectivity index (χ0v) is 16.6. The highest BCUT2D eigenvalue weighted by Crippen LogP contribution is 2.23. The minimum atomic E-state index is -0.606. The van der Waals surface area contributed by atoms with Crippen LogP contribution in [-0.2, 0) is 18.2 Å². The van der Waals surface area contributed by atoms with Gasteiger partial charge in [-0.05, 0) is 48.2 Å². The number of carbonyl (C=O) groups excluding carboxylic acids is 1. The van der Waals surface area contributed by atoms with Crippen LogP contribution in [0.5, 0.6) is 5.75 Å². The smallest absolute Gasteiger partial charge is 0.270 e. The molecular weight excluding hydrogens is 370 g/mol. The van der Waals surface area contributed by atoms with Gasteiger partial charge in [-0.15, -0.1) is 0 Å². The maximum absolute atomic E-state index is 12.9. The molecule has 1 saturated heterocycles. The van der Waals surface area contributed by atoms with Crippen LogP contribution in [0.25, 0.3) is 11.0 Å². The first-order valence-corrected chi connectivity index (χ1v) is 9.69. The second kappa shape index (κ2) is 8.23. The van der Waals surface area contributed by atoms with E-state index in [4.69, 9.17) is 9.47 Å². The quantitative estimate of drug-likeness (QED) is 0.691. The van der Waals surface area contributed by atoms with Crippen molar-refractivity contribution in [3.05, 3.63) is 59.4 Å². The summed E-state index contributed by atoms with van der Waals surface area (Å²) in [5.74, 6) is 0.500. The van der Waals surface area contributed by atoms with Gasteiger partial charge in [0.15, 0.2) is 0 Å². The molecule has 7 nitrogen and oxygen atoms in total. The molecule has 2 atom stereocenters. The van der Waals surface area contributed by atoms with Crippen molar-refractivity contribution in [2.75, 3.05) is 20.3 Å². The van der Waals surface area contributed by atoms with Crippen molar-refractivity contribution in [2.24, 2.45) is 7.05 Å². The summed E-state index contributed by atoms with van der Waals surface area (Å²) in [4.78, 5) is 17.4. The Hall–Kier alpha value is -2.90. The lowest BCUT2D eigenvalue weighted by Gasteiger charge is -2.28. The van der Waals surface area contributed by atoms with Crippen LogP contribution >= 0.6 is 0 Å². The van der Waals surface area contributed by atoms with Gasteiger partial charge in [0, 0.05) is 25.2 Å². The molecule has 1 aliphatic rings. The highest BCUT2D eigenvalue weighted by molar-refractivity contribution is 5.95. The van der Waals surface area contributed by atoms with E-state index in [1.54, 1.807) is 7.11 Å². The number of methoxy groups -OCH3 is 1. The van der Waals surface area contributed by atoms with E-state index in [1.165, 1.54) is 0 Å². The zero-order valence-electron chi connectivity index (χ0n) is 16.6. The Balaban J connectivity index is 1.64. The van der Waals surface area contributed by atoms with Crippen molar-refractivity contribution in [2.45, 2.75) is 25.0 Å². The summed E-state index contributed by atoms with van der Waals surface area (Å²) in [5.41, 5.74) is 3.22.